The summed E-state index contributed by atoms with van der Waals surface area (Å²) in [7, 11) is 0. The van der Waals surface area contributed by atoms with E-state index in [1.165, 1.54) is 0 Å². The van der Waals surface area contributed by atoms with Crippen molar-refractivity contribution in [3.63, 3.8) is 0 Å². The summed E-state index contributed by atoms with van der Waals surface area (Å²) in [6.45, 7) is -0.718. The summed E-state index contributed by atoms with van der Waals surface area (Å²) >= 11 is 0. The van der Waals surface area contributed by atoms with Crippen LogP contribution in [-0.2, 0) is 23.9 Å². The fourth-order valence-corrected chi connectivity index (χ4v) is 0.617. The first kappa shape index (κ1) is 14.1. The van der Waals surface area contributed by atoms with Crippen LogP contribution in [0.2, 0.25) is 0 Å². The van der Waals surface area contributed by atoms with Gasteiger partial charge in [0.25, 0.3) is 0 Å². The minimum absolute atomic E-state index is 0.156. The molecule has 0 aliphatic rings. The van der Waals surface area contributed by atoms with Crippen LogP contribution in [0, 0.1) is 0 Å². The Morgan fingerprint density at radius 2 is 1.50 bits per heavy atom. The van der Waals surface area contributed by atoms with E-state index in [0.29, 0.717) is 0 Å². The van der Waals surface area contributed by atoms with Crippen molar-refractivity contribution >= 4 is 17.9 Å². The van der Waals surface area contributed by atoms with Crippen LogP contribution in [0.5, 0.6) is 0 Å². The van der Waals surface area contributed by atoms with Gasteiger partial charge in [-0.15, -0.1) is 0 Å². The first-order valence-corrected chi connectivity index (χ1v) is 4.40. The molecule has 0 atom stereocenters. The van der Waals surface area contributed by atoms with Crippen molar-refractivity contribution in [1.82, 2.24) is 0 Å². The Bertz CT molecular complexity index is 282. The van der Waals surface area contributed by atoms with Gasteiger partial charge in [0.05, 0.1) is 13.0 Å². The van der Waals surface area contributed by atoms with E-state index in [9.17, 15) is 14.4 Å². The van der Waals surface area contributed by atoms with E-state index in [2.05, 4.69) is 9.47 Å². The molecule has 0 unspecified atom stereocenters. The van der Waals surface area contributed by atoms with Gasteiger partial charge in [-0.2, -0.15) is 0 Å². The van der Waals surface area contributed by atoms with E-state index in [1.54, 1.807) is 0 Å². The highest BCUT2D eigenvalue weighted by Gasteiger charge is 2.02. The molecular weight excluding hydrogens is 220 g/mol. The molecule has 0 bridgehead atoms. The number of ether oxygens (including phenoxy) is 2. The summed E-state index contributed by atoms with van der Waals surface area (Å²) in [6.07, 6.45) is 1.36. The molecule has 0 amide bonds. The van der Waals surface area contributed by atoms with Crippen molar-refractivity contribution in [3.8, 4) is 0 Å². The van der Waals surface area contributed by atoms with Crippen LogP contribution >= 0.6 is 0 Å². The average molecular weight is 232 g/mol. The summed E-state index contributed by atoms with van der Waals surface area (Å²) in [5.74, 6) is -2.70. The van der Waals surface area contributed by atoms with Gasteiger partial charge in [-0.3, -0.25) is 4.79 Å². The van der Waals surface area contributed by atoms with Gasteiger partial charge in [0.15, 0.2) is 0 Å². The third-order valence-corrected chi connectivity index (χ3v) is 1.25. The quantitative estimate of drug-likeness (QED) is 0.432. The number of aliphatic hydroxyl groups is 1. The molecule has 7 nitrogen and oxygen atoms in total. The minimum atomic E-state index is -1.08. The van der Waals surface area contributed by atoms with Crippen molar-refractivity contribution in [2.75, 3.05) is 19.8 Å². The van der Waals surface area contributed by atoms with E-state index in [-0.39, 0.29) is 26.2 Å². The number of carbonyl (C=O) groups is 3. The zero-order valence-electron chi connectivity index (χ0n) is 8.42. The molecule has 0 fully saturated rings. The lowest BCUT2D eigenvalue weighted by Crippen LogP contribution is -2.09. The lowest BCUT2D eigenvalue weighted by Gasteiger charge is -1.98. The molecule has 0 aliphatic carbocycles. The second-order valence-corrected chi connectivity index (χ2v) is 2.54. The van der Waals surface area contributed by atoms with Gasteiger partial charge in [-0.25, -0.2) is 9.59 Å². The summed E-state index contributed by atoms with van der Waals surface area (Å²) in [6, 6.07) is 0. The van der Waals surface area contributed by atoms with Gasteiger partial charge in [0.2, 0.25) is 0 Å². The zero-order chi connectivity index (χ0) is 12.4. The molecule has 0 aromatic heterocycles. The summed E-state index contributed by atoms with van der Waals surface area (Å²) in [5, 5.41) is 16.5. The molecule has 0 rings (SSSR count). The second kappa shape index (κ2) is 8.42. The van der Waals surface area contributed by atoms with Crippen LogP contribution in [0.25, 0.3) is 0 Å². The van der Waals surface area contributed by atoms with E-state index >= 15 is 0 Å². The molecule has 0 aliphatic heterocycles. The van der Waals surface area contributed by atoms with Gasteiger partial charge in [-0.05, 0) is 0 Å². The smallest absolute Gasteiger partial charge is 0.331 e. The van der Waals surface area contributed by atoms with Gasteiger partial charge in [-0.1, -0.05) is 0 Å². The number of carbonyl (C=O) groups excluding carboxylic acids is 2. The van der Waals surface area contributed by atoms with Crippen LogP contribution in [0.15, 0.2) is 12.2 Å². The van der Waals surface area contributed by atoms with Crippen molar-refractivity contribution in [1.29, 1.82) is 0 Å². The van der Waals surface area contributed by atoms with Crippen LogP contribution in [0.3, 0.4) is 0 Å². The monoisotopic (exact) mass is 232 g/mol. The van der Waals surface area contributed by atoms with Crippen LogP contribution in [-0.4, -0.2) is 47.9 Å². The van der Waals surface area contributed by atoms with Gasteiger partial charge in [0, 0.05) is 12.2 Å². The molecule has 2 N–H and O–H groups in total. The first-order chi connectivity index (χ1) is 7.56. The largest absolute Gasteiger partial charge is 0.481 e. The summed E-state index contributed by atoms with van der Waals surface area (Å²) in [5.41, 5.74) is 0. The molecule has 0 spiro atoms. The molecule has 0 heterocycles. The number of esters is 2. The standard InChI is InChI=1S/C9H12O7/c10-4-6-16-9(14)2-1-8(13)15-5-3-7(11)12/h1-2,10H,3-6H2,(H,11,12). The third-order valence-electron chi connectivity index (χ3n) is 1.25. The van der Waals surface area contributed by atoms with Crippen LogP contribution < -0.4 is 0 Å². The van der Waals surface area contributed by atoms with Gasteiger partial charge < -0.3 is 19.7 Å². The third kappa shape index (κ3) is 8.70. The van der Waals surface area contributed by atoms with Crippen LogP contribution in [0.1, 0.15) is 6.42 Å². The number of carboxylic acids is 1. The maximum absolute atomic E-state index is 10.8. The van der Waals surface area contributed by atoms with Gasteiger partial charge >= 0.3 is 17.9 Å². The Morgan fingerprint density at radius 1 is 1.00 bits per heavy atom. The Balaban J connectivity index is 3.73. The molecule has 16 heavy (non-hydrogen) atoms. The Hall–Kier alpha value is -1.89. The van der Waals surface area contributed by atoms with Crippen LogP contribution in [0.4, 0.5) is 0 Å². The molecule has 0 aromatic rings. The fraction of sp³-hybridized carbons (Fsp3) is 0.444. The van der Waals surface area contributed by atoms with E-state index in [4.69, 9.17) is 10.2 Å². The fourth-order valence-electron chi connectivity index (χ4n) is 0.617. The molecule has 0 saturated carbocycles. The van der Waals surface area contributed by atoms with E-state index in [0.717, 1.165) is 12.2 Å². The average Bonchev–Trinajstić information content (AvgIpc) is 2.23. The summed E-state index contributed by atoms with van der Waals surface area (Å²) in [4.78, 5) is 31.7. The molecular formula is C9H12O7. The Labute approximate surface area is 91.3 Å². The number of carboxylic acid groups (broad SMARTS) is 1. The lowest BCUT2D eigenvalue weighted by atomic mass is 10.4. The Kier molecular flexibility index (Phi) is 7.43. The molecule has 90 valence electrons. The highest BCUT2D eigenvalue weighted by atomic mass is 16.5. The van der Waals surface area contributed by atoms with Crippen molar-refractivity contribution < 1.29 is 34.1 Å². The normalized spacial score (nSPS) is 10.1. The Morgan fingerprint density at radius 3 is 1.94 bits per heavy atom. The molecule has 0 saturated heterocycles. The summed E-state index contributed by atoms with van der Waals surface area (Å²) < 4.78 is 8.85. The molecule has 7 heteroatoms. The number of hydrogen-bond acceptors (Lipinski definition) is 6. The van der Waals surface area contributed by atoms with Crippen molar-refractivity contribution in [2.24, 2.45) is 0 Å². The number of hydrogen-bond donors (Lipinski definition) is 2. The minimum Gasteiger partial charge on any atom is -0.481 e. The van der Waals surface area contributed by atoms with Gasteiger partial charge in [0.1, 0.15) is 13.2 Å². The highest BCUT2D eigenvalue weighted by molar-refractivity contribution is 5.91. The van der Waals surface area contributed by atoms with Crippen molar-refractivity contribution in [2.45, 2.75) is 6.42 Å². The predicted molar refractivity (Wildman–Crippen MR) is 50.4 cm³/mol. The highest BCUT2D eigenvalue weighted by Crippen LogP contribution is 1.88. The number of aliphatic hydroxyl groups excluding tert-OH is 1. The topological polar surface area (TPSA) is 110 Å². The molecule has 0 aromatic carbocycles. The number of aliphatic carboxylic acids is 1. The first-order valence-electron chi connectivity index (χ1n) is 4.40. The van der Waals surface area contributed by atoms with E-state index < -0.39 is 17.9 Å². The number of rotatable bonds is 7. The second-order valence-electron chi connectivity index (χ2n) is 2.54. The molecule has 0 radical (unpaired) electrons. The maximum Gasteiger partial charge on any atom is 0.331 e. The zero-order valence-corrected chi connectivity index (χ0v) is 8.42. The SMILES string of the molecule is O=C(O)CCOC(=O)C=CC(=O)OCCO. The predicted octanol–water partition coefficient (Wildman–Crippen LogP) is -0.904. The maximum atomic E-state index is 10.8. The van der Waals surface area contributed by atoms with Crippen molar-refractivity contribution in [3.05, 3.63) is 12.2 Å². The lowest BCUT2D eigenvalue weighted by molar-refractivity contribution is -0.144. The van der Waals surface area contributed by atoms with E-state index in [1.807, 2.05) is 0 Å².